The lowest BCUT2D eigenvalue weighted by Gasteiger charge is -2.09. The van der Waals surface area contributed by atoms with Gasteiger partial charge in [0.1, 0.15) is 28.1 Å². The van der Waals surface area contributed by atoms with Crippen LogP contribution in [0.5, 0.6) is 5.75 Å². The SMILES string of the molecule is COc1ccc(NC(=S)/C(C#N)=C(\O)c2ccccc2)cc1. The van der Waals surface area contributed by atoms with Gasteiger partial charge in [0, 0.05) is 11.3 Å². The zero-order valence-electron chi connectivity index (χ0n) is 11.9. The van der Waals surface area contributed by atoms with Crippen LogP contribution >= 0.6 is 12.2 Å². The highest BCUT2D eigenvalue weighted by atomic mass is 32.1. The van der Waals surface area contributed by atoms with E-state index in [1.807, 2.05) is 12.1 Å². The van der Waals surface area contributed by atoms with Crippen LogP contribution in [0.4, 0.5) is 5.69 Å². The fraction of sp³-hybridized carbons (Fsp3) is 0.0588. The van der Waals surface area contributed by atoms with Crippen LogP contribution in [-0.2, 0) is 0 Å². The number of nitrogens with zero attached hydrogens (tertiary/aromatic N) is 1. The number of anilines is 1. The maximum atomic E-state index is 10.2. The number of thiocarbonyl (C=S) groups is 1. The highest BCUT2D eigenvalue weighted by molar-refractivity contribution is 7.81. The second-order valence-electron chi connectivity index (χ2n) is 4.38. The third-order valence-corrected chi connectivity index (χ3v) is 3.28. The second kappa shape index (κ2) is 7.25. The summed E-state index contributed by atoms with van der Waals surface area (Å²) in [7, 11) is 1.58. The van der Waals surface area contributed by atoms with Crippen LogP contribution in [0, 0.1) is 11.3 Å². The Kier molecular flexibility index (Phi) is 5.12. The van der Waals surface area contributed by atoms with Crippen molar-refractivity contribution >= 4 is 28.7 Å². The quantitative estimate of drug-likeness (QED) is 0.388. The van der Waals surface area contributed by atoms with E-state index in [1.54, 1.807) is 55.6 Å². The van der Waals surface area contributed by atoms with E-state index in [9.17, 15) is 10.4 Å². The van der Waals surface area contributed by atoms with Crippen LogP contribution in [0.1, 0.15) is 5.56 Å². The molecule has 0 aliphatic rings. The van der Waals surface area contributed by atoms with Gasteiger partial charge in [0.15, 0.2) is 0 Å². The van der Waals surface area contributed by atoms with E-state index >= 15 is 0 Å². The van der Waals surface area contributed by atoms with E-state index in [2.05, 4.69) is 5.32 Å². The van der Waals surface area contributed by atoms with Crippen molar-refractivity contribution in [2.24, 2.45) is 0 Å². The van der Waals surface area contributed by atoms with Crippen molar-refractivity contribution < 1.29 is 9.84 Å². The summed E-state index contributed by atoms with van der Waals surface area (Å²) in [6.07, 6.45) is 0. The molecule has 0 radical (unpaired) electrons. The number of nitriles is 1. The maximum absolute atomic E-state index is 10.2. The van der Waals surface area contributed by atoms with E-state index in [0.29, 0.717) is 11.3 Å². The Morgan fingerprint density at radius 3 is 2.32 bits per heavy atom. The first kappa shape index (κ1) is 15.5. The predicted molar refractivity (Wildman–Crippen MR) is 90.8 cm³/mol. The van der Waals surface area contributed by atoms with E-state index in [4.69, 9.17) is 17.0 Å². The molecule has 0 aliphatic heterocycles. The van der Waals surface area contributed by atoms with E-state index < -0.39 is 0 Å². The smallest absolute Gasteiger partial charge is 0.143 e. The first-order valence-electron chi connectivity index (χ1n) is 6.50. The maximum Gasteiger partial charge on any atom is 0.143 e. The molecule has 0 aromatic heterocycles. The minimum Gasteiger partial charge on any atom is -0.506 e. The van der Waals surface area contributed by atoms with Crippen LogP contribution in [0.15, 0.2) is 60.2 Å². The first-order valence-corrected chi connectivity index (χ1v) is 6.90. The number of methoxy groups -OCH3 is 1. The summed E-state index contributed by atoms with van der Waals surface area (Å²) in [5.74, 6) is 0.578. The molecule has 0 amide bonds. The summed E-state index contributed by atoms with van der Waals surface area (Å²) in [4.78, 5) is 0.161. The molecule has 0 spiro atoms. The number of aliphatic hydroxyl groups is 1. The third-order valence-electron chi connectivity index (χ3n) is 2.97. The predicted octanol–water partition coefficient (Wildman–Crippen LogP) is 3.93. The minimum atomic E-state index is -0.144. The van der Waals surface area contributed by atoms with Crippen LogP contribution in [0.2, 0.25) is 0 Å². The average molecular weight is 310 g/mol. The van der Waals surface area contributed by atoms with E-state index in [1.165, 1.54) is 0 Å². The number of rotatable bonds is 4. The van der Waals surface area contributed by atoms with Gasteiger partial charge in [0.05, 0.1) is 7.11 Å². The monoisotopic (exact) mass is 310 g/mol. The fourth-order valence-electron chi connectivity index (χ4n) is 1.82. The Bertz CT molecular complexity index is 732. The molecular weight excluding hydrogens is 296 g/mol. The molecule has 2 aromatic rings. The second-order valence-corrected chi connectivity index (χ2v) is 4.79. The lowest BCUT2D eigenvalue weighted by Crippen LogP contribution is -2.13. The average Bonchev–Trinajstić information content (AvgIpc) is 2.57. The van der Waals surface area contributed by atoms with Crippen LogP contribution in [0.3, 0.4) is 0 Å². The number of hydrogen-bond donors (Lipinski definition) is 2. The Morgan fingerprint density at radius 1 is 1.14 bits per heavy atom. The molecule has 0 heterocycles. The molecule has 2 rings (SSSR count). The van der Waals surface area contributed by atoms with Gasteiger partial charge in [-0.15, -0.1) is 0 Å². The van der Waals surface area contributed by atoms with Crippen molar-refractivity contribution in [2.45, 2.75) is 0 Å². The highest BCUT2D eigenvalue weighted by Gasteiger charge is 2.13. The van der Waals surface area contributed by atoms with Gasteiger partial charge in [-0.05, 0) is 24.3 Å². The van der Waals surface area contributed by atoms with E-state index in [-0.39, 0.29) is 16.3 Å². The molecular formula is C17H14N2O2S. The number of benzene rings is 2. The largest absolute Gasteiger partial charge is 0.506 e. The molecule has 0 fully saturated rings. The minimum absolute atomic E-state index is 0.0250. The normalized spacial score (nSPS) is 11.1. The summed E-state index contributed by atoms with van der Waals surface area (Å²) in [6, 6.07) is 17.9. The van der Waals surface area contributed by atoms with Gasteiger partial charge in [-0.2, -0.15) is 5.26 Å². The van der Waals surface area contributed by atoms with Gasteiger partial charge in [-0.25, -0.2) is 0 Å². The van der Waals surface area contributed by atoms with Crippen molar-refractivity contribution in [3.05, 3.63) is 65.7 Å². The van der Waals surface area contributed by atoms with Gasteiger partial charge in [-0.1, -0.05) is 42.5 Å². The topological polar surface area (TPSA) is 65.3 Å². The van der Waals surface area contributed by atoms with Crippen molar-refractivity contribution in [3.8, 4) is 11.8 Å². The van der Waals surface area contributed by atoms with Crippen molar-refractivity contribution in [3.63, 3.8) is 0 Å². The van der Waals surface area contributed by atoms with Crippen molar-refractivity contribution in [1.29, 1.82) is 5.26 Å². The zero-order valence-corrected chi connectivity index (χ0v) is 12.7. The van der Waals surface area contributed by atoms with Gasteiger partial charge in [0.25, 0.3) is 0 Å². The summed E-state index contributed by atoms with van der Waals surface area (Å²) in [5, 5.41) is 22.4. The molecule has 2 N–H and O–H groups in total. The lowest BCUT2D eigenvalue weighted by atomic mass is 10.1. The zero-order chi connectivity index (χ0) is 15.9. The van der Waals surface area contributed by atoms with Crippen LogP contribution < -0.4 is 10.1 Å². The molecule has 0 unspecified atom stereocenters. The lowest BCUT2D eigenvalue weighted by molar-refractivity contribution is 0.415. The highest BCUT2D eigenvalue weighted by Crippen LogP contribution is 2.19. The molecule has 0 saturated carbocycles. The van der Waals surface area contributed by atoms with Gasteiger partial charge in [-0.3, -0.25) is 0 Å². The molecule has 2 aromatic carbocycles. The Labute approximate surface area is 134 Å². The standard InChI is InChI=1S/C17H14N2O2S/c1-21-14-9-7-13(8-10-14)19-17(22)15(11-18)16(20)12-5-3-2-4-6-12/h2-10,20H,1H3,(H,19,22)/b16-15-. The fourth-order valence-corrected chi connectivity index (χ4v) is 2.08. The molecule has 5 heteroatoms. The van der Waals surface area contributed by atoms with Crippen molar-refractivity contribution in [2.75, 3.05) is 12.4 Å². The van der Waals surface area contributed by atoms with Crippen LogP contribution in [0.25, 0.3) is 5.76 Å². The van der Waals surface area contributed by atoms with Gasteiger partial charge < -0.3 is 15.2 Å². The Morgan fingerprint density at radius 2 is 1.77 bits per heavy atom. The first-order chi connectivity index (χ1) is 10.7. The summed E-state index contributed by atoms with van der Waals surface area (Å²) < 4.78 is 5.08. The molecule has 0 bridgehead atoms. The molecule has 0 aliphatic carbocycles. The molecule has 0 saturated heterocycles. The molecule has 0 atom stereocenters. The van der Waals surface area contributed by atoms with Crippen LogP contribution in [-0.4, -0.2) is 17.2 Å². The van der Waals surface area contributed by atoms with Gasteiger partial charge >= 0.3 is 0 Å². The van der Waals surface area contributed by atoms with Crippen molar-refractivity contribution in [1.82, 2.24) is 0 Å². The number of ether oxygens (including phenoxy) is 1. The molecule has 22 heavy (non-hydrogen) atoms. The third kappa shape index (κ3) is 3.62. The summed E-state index contributed by atoms with van der Waals surface area (Å²) >= 11 is 5.21. The Hall–Kier alpha value is -2.84. The van der Waals surface area contributed by atoms with E-state index in [0.717, 1.165) is 5.75 Å². The number of nitrogens with one attached hydrogen (secondary N) is 1. The molecule has 110 valence electrons. The number of hydrogen-bond acceptors (Lipinski definition) is 4. The molecule has 4 nitrogen and oxygen atoms in total. The summed E-state index contributed by atoms with van der Waals surface area (Å²) in [6.45, 7) is 0. The Balaban J connectivity index is 2.24. The summed E-state index contributed by atoms with van der Waals surface area (Å²) in [5.41, 5.74) is 1.27. The van der Waals surface area contributed by atoms with Gasteiger partial charge in [0.2, 0.25) is 0 Å². The number of aliphatic hydroxyl groups excluding tert-OH is 1.